The van der Waals surface area contributed by atoms with E-state index in [4.69, 9.17) is 5.73 Å². The van der Waals surface area contributed by atoms with Crippen molar-refractivity contribution < 1.29 is 18.0 Å². The van der Waals surface area contributed by atoms with Gasteiger partial charge in [0, 0.05) is 24.6 Å². The Kier molecular flexibility index (Phi) is 6.98. The molecule has 1 saturated heterocycles. The SMILES string of the molecule is NC(=O)C1CCN(C(=O)c2cccc(S(=O)(=O)N(Cc3ccccc3)c3ccccc3)c2)CC1. The van der Waals surface area contributed by atoms with E-state index in [9.17, 15) is 18.0 Å². The zero-order valence-electron chi connectivity index (χ0n) is 18.7. The van der Waals surface area contributed by atoms with Crippen LogP contribution in [0.5, 0.6) is 0 Å². The summed E-state index contributed by atoms with van der Waals surface area (Å²) in [7, 11) is -3.96. The number of likely N-dealkylation sites (tertiary alicyclic amines) is 1. The normalized spacial score (nSPS) is 14.5. The summed E-state index contributed by atoms with van der Waals surface area (Å²) in [6.07, 6.45) is 1.02. The fourth-order valence-electron chi connectivity index (χ4n) is 4.13. The van der Waals surface area contributed by atoms with Gasteiger partial charge in [-0.3, -0.25) is 13.9 Å². The van der Waals surface area contributed by atoms with Crippen LogP contribution in [0.15, 0.2) is 89.8 Å². The molecule has 0 unspecified atom stereocenters. The Morgan fingerprint density at radius 3 is 2.12 bits per heavy atom. The molecule has 2 N–H and O–H groups in total. The van der Waals surface area contributed by atoms with E-state index in [1.807, 2.05) is 36.4 Å². The van der Waals surface area contributed by atoms with E-state index in [-0.39, 0.29) is 29.2 Å². The molecule has 1 aliphatic rings. The van der Waals surface area contributed by atoms with Crippen LogP contribution in [-0.4, -0.2) is 38.2 Å². The maximum Gasteiger partial charge on any atom is 0.264 e. The summed E-state index contributed by atoms with van der Waals surface area (Å²) in [5, 5.41) is 0. The van der Waals surface area contributed by atoms with Gasteiger partial charge in [-0.15, -0.1) is 0 Å². The average molecular weight is 478 g/mol. The average Bonchev–Trinajstić information content (AvgIpc) is 2.88. The number of hydrogen-bond acceptors (Lipinski definition) is 4. The molecule has 0 radical (unpaired) electrons. The van der Waals surface area contributed by atoms with Gasteiger partial charge in [0.2, 0.25) is 5.91 Å². The molecular weight excluding hydrogens is 450 g/mol. The minimum atomic E-state index is -3.96. The number of carbonyl (C=O) groups is 2. The molecule has 0 aliphatic carbocycles. The van der Waals surface area contributed by atoms with Gasteiger partial charge in [-0.2, -0.15) is 0 Å². The first-order valence-corrected chi connectivity index (χ1v) is 12.6. The molecule has 1 fully saturated rings. The van der Waals surface area contributed by atoms with Crippen LogP contribution < -0.4 is 10.0 Å². The number of rotatable bonds is 7. The second-order valence-electron chi connectivity index (χ2n) is 8.33. The molecule has 7 nitrogen and oxygen atoms in total. The zero-order chi connectivity index (χ0) is 24.1. The Labute approximate surface area is 199 Å². The van der Waals surface area contributed by atoms with Gasteiger partial charge in [0.1, 0.15) is 0 Å². The fraction of sp³-hybridized carbons (Fsp3) is 0.231. The van der Waals surface area contributed by atoms with E-state index >= 15 is 0 Å². The highest BCUT2D eigenvalue weighted by Crippen LogP contribution is 2.27. The third-order valence-electron chi connectivity index (χ3n) is 6.07. The van der Waals surface area contributed by atoms with Crippen molar-refractivity contribution >= 4 is 27.5 Å². The molecule has 3 aromatic carbocycles. The topological polar surface area (TPSA) is 101 Å². The lowest BCUT2D eigenvalue weighted by molar-refractivity contribution is -0.123. The van der Waals surface area contributed by atoms with Crippen molar-refractivity contribution in [2.45, 2.75) is 24.3 Å². The van der Waals surface area contributed by atoms with E-state index in [2.05, 4.69) is 0 Å². The standard InChI is InChI=1S/C26H27N3O4S/c27-25(30)21-14-16-28(17-15-21)26(31)22-10-7-13-24(18-22)34(32,33)29(23-11-5-2-6-12-23)19-20-8-3-1-4-9-20/h1-13,18,21H,14-17,19H2,(H2,27,30). The summed E-state index contributed by atoms with van der Waals surface area (Å²) < 4.78 is 28.9. The number of nitrogens with two attached hydrogens (primary N) is 1. The van der Waals surface area contributed by atoms with E-state index in [0.717, 1.165) is 5.56 Å². The molecule has 0 atom stereocenters. The van der Waals surface area contributed by atoms with E-state index in [1.165, 1.54) is 16.4 Å². The summed E-state index contributed by atoms with van der Waals surface area (Å²) in [6, 6.07) is 24.4. The van der Waals surface area contributed by atoms with Gasteiger partial charge in [-0.25, -0.2) is 8.42 Å². The molecule has 4 rings (SSSR count). The van der Waals surface area contributed by atoms with Crippen LogP contribution in [-0.2, 0) is 21.4 Å². The Balaban J connectivity index is 1.62. The highest BCUT2D eigenvalue weighted by Gasteiger charge is 2.29. The quantitative estimate of drug-likeness (QED) is 0.563. The highest BCUT2D eigenvalue weighted by atomic mass is 32.2. The fourth-order valence-corrected chi connectivity index (χ4v) is 5.62. The number of hydrogen-bond donors (Lipinski definition) is 1. The summed E-state index contributed by atoms with van der Waals surface area (Å²) in [5.41, 5.74) is 7.07. The minimum Gasteiger partial charge on any atom is -0.369 e. The Bertz CT molecular complexity index is 1260. The zero-order valence-corrected chi connectivity index (χ0v) is 19.5. The number of para-hydroxylation sites is 1. The predicted molar refractivity (Wildman–Crippen MR) is 131 cm³/mol. The van der Waals surface area contributed by atoms with Gasteiger partial charge >= 0.3 is 0 Å². The maximum atomic E-state index is 13.8. The lowest BCUT2D eigenvalue weighted by Crippen LogP contribution is -2.41. The molecule has 1 aliphatic heterocycles. The molecule has 34 heavy (non-hydrogen) atoms. The number of anilines is 1. The smallest absolute Gasteiger partial charge is 0.264 e. The van der Waals surface area contributed by atoms with Gasteiger partial charge in [-0.05, 0) is 48.7 Å². The molecule has 176 valence electrons. The number of piperidine rings is 1. The van der Waals surface area contributed by atoms with E-state index in [0.29, 0.717) is 37.2 Å². The van der Waals surface area contributed by atoms with Crippen LogP contribution in [0, 0.1) is 5.92 Å². The van der Waals surface area contributed by atoms with E-state index in [1.54, 1.807) is 41.3 Å². The lowest BCUT2D eigenvalue weighted by atomic mass is 9.96. The summed E-state index contributed by atoms with van der Waals surface area (Å²) in [5.74, 6) is -0.831. The molecule has 0 aromatic heterocycles. The van der Waals surface area contributed by atoms with Crippen molar-refractivity contribution in [2.24, 2.45) is 11.7 Å². The number of carbonyl (C=O) groups excluding carboxylic acids is 2. The van der Waals surface area contributed by atoms with Crippen molar-refractivity contribution in [2.75, 3.05) is 17.4 Å². The van der Waals surface area contributed by atoms with Crippen molar-refractivity contribution in [1.82, 2.24) is 4.90 Å². The number of primary amides is 1. The van der Waals surface area contributed by atoms with Gasteiger partial charge in [0.25, 0.3) is 15.9 Å². The molecule has 0 saturated carbocycles. The first-order valence-electron chi connectivity index (χ1n) is 11.2. The third-order valence-corrected chi connectivity index (χ3v) is 7.84. The maximum absolute atomic E-state index is 13.8. The summed E-state index contributed by atoms with van der Waals surface area (Å²) >= 11 is 0. The summed E-state index contributed by atoms with van der Waals surface area (Å²) in [4.78, 5) is 26.2. The molecule has 2 amide bonds. The lowest BCUT2D eigenvalue weighted by Gasteiger charge is -2.30. The van der Waals surface area contributed by atoms with Crippen LogP contribution in [0.25, 0.3) is 0 Å². The van der Waals surface area contributed by atoms with Crippen LogP contribution >= 0.6 is 0 Å². The first kappa shape index (κ1) is 23.5. The van der Waals surface area contributed by atoms with Crippen molar-refractivity contribution in [1.29, 1.82) is 0 Å². The Morgan fingerprint density at radius 1 is 0.882 bits per heavy atom. The number of amides is 2. The molecule has 0 spiro atoms. The number of benzene rings is 3. The summed E-state index contributed by atoms with van der Waals surface area (Å²) in [6.45, 7) is 0.979. The number of nitrogens with zero attached hydrogens (tertiary/aromatic N) is 2. The first-order chi connectivity index (χ1) is 16.4. The molecule has 8 heteroatoms. The molecule has 0 bridgehead atoms. The van der Waals surface area contributed by atoms with Crippen LogP contribution in [0.4, 0.5) is 5.69 Å². The third kappa shape index (κ3) is 5.12. The second kappa shape index (κ2) is 10.1. The largest absolute Gasteiger partial charge is 0.369 e. The molecule has 1 heterocycles. The monoisotopic (exact) mass is 477 g/mol. The van der Waals surface area contributed by atoms with Crippen LogP contribution in [0.2, 0.25) is 0 Å². The van der Waals surface area contributed by atoms with E-state index < -0.39 is 10.0 Å². The van der Waals surface area contributed by atoms with Crippen LogP contribution in [0.1, 0.15) is 28.8 Å². The van der Waals surface area contributed by atoms with Crippen molar-refractivity contribution in [3.05, 3.63) is 96.1 Å². The van der Waals surface area contributed by atoms with Gasteiger partial charge in [0.15, 0.2) is 0 Å². The van der Waals surface area contributed by atoms with Gasteiger partial charge < -0.3 is 10.6 Å². The van der Waals surface area contributed by atoms with Crippen molar-refractivity contribution in [3.63, 3.8) is 0 Å². The predicted octanol–water partition coefficient (Wildman–Crippen LogP) is 3.42. The van der Waals surface area contributed by atoms with Crippen molar-refractivity contribution in [3.8, 4) is 0 Å². The second-order valence-corrected chi connectivity index (χ2v) is 10.2. The Morgan fingerprint density at radius 2 is 1.50 bits per heavy atom. The highest BCUT2D eigenvalue weighted by molar-refractivity contribution is 7.92. The van der Waals surface area contributed by atoms with Gasteiger partial charge in [0.05, 0.1) is 17.1 Å². The number of sulfonamides is 1. The van der Waals surface area contributed by atoms with Gasteiger partial charge in [-0.1, -0.05) is 54.6 Å². The Hall–Kier alpha value is -3.65. The molecule has 3 aromatic rings. The van der Waals surface area contributed by atoms with Crippen LogP contribution in [0.3, 0.4) is 0 Å². The molecular formula is C26H27N3O4S. The minimum absolute atomic E-state index is 0.0464.